The van der Waals surface area contributed by atoms with Gasteiger partial charge in [0.15, 0.2) is 0 Å². The Bertz CT molecular complexity index is 519. The third kappa shape index (κ3) is 2.96. The highest BCUT2D eigenvalue weighted by Gasteiger charge is 2.31. The van der Waals surface area contributed by atoms with Crippen molar-refractivity contribution in [3.05, 3.63) is 33.8 Å². The fourth-order valence-electron chi connectivity index (χ4n) is 2.22. The van der Waals surface area contributed by atoms with E-state index in [-0.39, 0.29) is 5.91 Å². The molecule has 3 N–H and O–H groups in total. The smallest absolute Gasteiger partial charge is 0.254 e. The summed E-state index contributed by atoms with van der Waals surface area (Å²) < 4.78 is 0.924. The van der Waals surface area contributed by atoms with Crippen LogP contribution in [0.4, 0.5) is 0 Å². The maximum atomic E-state index is 12.5. The van der Waals surface area contributed by atoms with E-state index < -0.39 is 11.9 Å². The second kappa shape index (κ2) is 5.71. The van der Waals surface area contributed by atoms with Gasteiger partial charge >= 0.3 is 0 Å². The number of aryl methyl sites for hydroxylation is 1. The summed E-state index contributed by atoms with van der Waals surface area (Å²) >= 11 is 3.37. The van der Waals surface area contributed by atoms with Crippen molar-refractivity contribution in [2.75, 3.05) is 19.6 Å². The van der Waals surface area contributed by atoms with Crippen molar-refractivity contribution in [1.29, 1.82) is 0 Å². The second-order valence-corrected chi connectivity index (χ2v) is 5.50. The van der Waals surface area contributed by atoms with Gasteiger partial charge in [0.1, 0.15) is 6.04 Å². The number of piperazine rings is 1. The predicted octanol–water partition coefficient (Wildman–Crippen LogP) is 0.657. The molecule has 1 saturated heterocycles. The van der Waals surface area contributed by atoms with Crippen LogP contribution in [0.5, 0.6) is 0 Å². The number of nitrogens with two attached hydrogens (primary N) is 1. The van der Waals surface area contributed by atoms with Gasteiger partial charge in [-0.1, -0.05) is 15.9 Å². The van der Waals surface area contributed by atoms with Crippen molar-refractivity contribution in [3.63, 3.8) is 0 Å². The Labute approximate surface area is 120 Å². The highest BCUT2D eigenvalue weighted by Crippen LogP contribution is 2.19. The van der Waals surface area contributed by atoms with Crippen LogP contribution in [0.2, 0.25) is 0 Å². The van der Waals surface area contributed by atoms with Crippen molar-refractivity contribution in [2.24, 2.45) is 5.73 Å². The molecule has 1 aliphatic rings. The summed E-state index contributed by atoms with van der Waals surface area (Å²) in [6.45, 7) is 3.45. The van der Waals surface area contributed by atoms with Gasteiger partial charge in [-0.3, -0.25) is 9.59 Å². The van der Waals surface area contributed by atoms with E-state index in [1.54, 1.807) is 11.0 Å². The predicted molar refractivity (Wildman–Crippen MR) is 75.8 cm³/mol. The van der Waals surface area contributed by atoms with Crippen LogP contribution in [0.3, 0.4) is 0 Å². The zero-order valence-electron chi connectivity index (χ0n) is 10.6. The van der Waals surface area contributed by atoms with Gasteiger partial charge in [0, 0.05) is 29.7 Å². The van der Waals surface area contributed by atoms with E-state index >= 15 is 0 Å². The Morgan fingerprint density at radius 2 is 2.21 bits per heavy atom. The third-order valence-electron chi connectivity index (χ3n) is 3.25. The van der Waals surface area contributed by atoms with Gasteiger partial charge < -0.3 is 16.0 Å². The molecule has 0 aliphatic carbocycles. The van der Waals surface area contributed by atoms with E-state index in [2.05, 4.69) is 21.2 Å². The molecular weight excluding hydrogens is 310 g/mol. The molecule has 1 heterocycles. The summed E-state index contributed by atoms with van der Waals surface area (Å²) in [4.78, 5) is 25.5. The number of rotatable bonds is 2. The van der Waals surface area contributed by atoms with Crippen LogP contribution in [-0.2, 0) is 4.79 Å². The maximum Gasteiger partial charge on any atom is 0.254 e. The van der Waals surface area contributed by atoms with Crippen LogP contribution >= 0.6 is 15.9 Å². The Morgan fingerprint density at radius 1 is 1.47 bits per heavy atom. The summed E-state index contributed by atoms with van der Waals surface area (Å²) in [6, 6.07) is 4.89. The number of amides is 2. The molecule has 1 atom stereocenters. The summed E-state index contributed by atoms with van der Waals surface area (Å²) in [5.41, 5.74) is 6.84. The first-order chi connectivity index (χ1) is 9.00. The Hall–Kier alpha value is -1.40. The molecule has 2 amide bonds. The molecule has 0 spiro atoms. The van der Waals surface area contributed by atoms with Crippen LogP contribution in [0.1, 0.15) is 15.9 Å². The molecule has 0 saturated carbocycles. The number of carbonyl (C=O) groups excluding carboxylic acids is 2. The van der Waals surface area contributed by atoms with Gasteiger partial charge in [-0.2, -0.15) is 0 Å². The van der Waals surface area contributed by atoms with Gasteiger partial charge in [0.2, 0.25) is 5.91 Å². The molecule has 1 fully saturated rings. The van der Waals surface area contributed by atoms with E-state index in [4.69, 9.17) is 5.73 Å². The summed E-state index contributed by atoms with van der Waals surface area (Å²) in [6.07, 6.45) is 0. The molecule has 19 heavy (non-hydrogen) atoms. The zero-order chi connectivity index (χ0) is 14.0. The molecule has 6 heteroatoms. The number of nitrogens with zero attached hydrogens (tertiary/aromatic N) is 1. The van der Waals surface area contributed by atoms with Crippen molar-refractivity contribution in [1.82, 2.24) is 10.2 Å². The number of nitrogens with one attached hydrogen (secondary N) is 1. The summed E-state index contributed by atoms with van der Waals surface area (Å²) in [5.74, 6) is -0.620. The van der Waals surface area contributed by atoms with Gasteiger partial charge in [-0.25, -0.2) is 0 Å². The van der Waals surface area contributed by atoms with Crippen LogP contribution in [0.15, 0.2) is 22.7 Å². The molecule has 1 unspecified atom stereocenters. The highest BCUT2D eigenvalue weighted by atomic mass is 79.9. The van der Waals surface area contributed by atoms with Crippen LogP contribution in [0.25, 0.3) is 0 Å². The molecule has 0 radical (unpaired) electrons. The maximum absolute atomic E-state index is 12.5. The number of hydrogen-bond donors (Lipinski definition) is 2. The highest BCUT2D eigenvalue weighted by molar-refractivity contribution is 9.10. The minimum absolute atomic E-state index is 0.143. The van der Waals surface area contributed by atoms with E-state index in [1.807, 2.05) is 19.1 Å². The average Bonchev–Trinajstić information content (AvgIpc) is 2.38. The number of benzene rings is 1. The van der Waals surface area contributed by atoms with E-state index in [0.29, 0.717) is 25.2 Å². The largest absolute Gasteiger partial charge is 0.368 e. The average molecular weight is 326 g/mol. The minimum Gasteiger partial charge on any atom is -0.368 e. The normalized spacial score (nSPS) is 19.3. The first-order valence-corrected chi connectivity index (χ1v) is 6.87. The number of hydrogen-bond acceptors (Lipinski definition) is 3. The Morgan fingerprint density at radius 3 is 2.84 bits per heavy atom. The topological polar surface area (TPSA) is 75.4 Å². The molecule has 0 aromatic heterocycles. The molecule has 2 rings (SSSR count). The van der Waals surface area contributed by atoms with Crippen molar-refractivity contribution in [3.8, 4) is 0 Å². The molecular formula is C13H16BrN3O2. The van der Waals surface area contributed by atoms with Gasteiger partial charge in [-0.15, -0.1) is 0 Å². The lowest BCUT2D eigenvalue weighted by Gasteiger charge is -2.34. The summed E-state index contributed by atoms with van der Waals surface area (Å²) in [5, 5.41) is 3.07. The number of primary amides is 1. The monoisotopic (exact) mass is 325 g/mol. The zero-order valence-corrected chi connectivity index (χ0v) is 12.2. The molecule has 1 aliphatic heterocycles. The fraction of sp³-hybridized carbons (Fsp3) is 0.385. The summed E-state index contributed by atoms with van der Waals surface area (Å²) in [7, 11) is 0. The molecule has 102 valence electrons. The lowest BCUT2D eigenvalue weighted by molar-refractivity contribution is -0.122. The number of carbonyl (C=O) groups is 2. The lowest BCUT2D eigenvalue weighted by Crippen LogP contribution is -2.58. The van der Waals surface area contributed by atoms with Crippen molar-refractivity contribution >= 4 is 27.7 Å². The van der Waals surface area contributed by atoms with Crippen molar-refractivity contribution in [2.45, 2.75) is 13.0 Å². The molecule has 1 aromatic carbocycles. The van der Waals surface area contributed by atoms with Gasteiger partial charge in [0.05, 0.1) is 0 Å². The van der Waals surface area contributed by atoms with E-state index in [1.165, 1.54) is 0 Å². The first kappa shape index (κ1) is 14.0. The minimum atomic E-state index is -0.579. The third-order valence-corrected chi connectivity index (χ3v) is 3.74. The van der Waals surface area contributed by atoms with Crippen LogP contribution in [0, 0.1) is 6.92 Å². The molecule has 5 nitrogen and oxygen atoms in total. The lowest BCUT2D eigenvalue weighted by atomic mass is 10.1. The number of halogens is 1. The second-order valence-electron chi connectivity index (χ2n) is 4.58. The van der Waals surface area contributed by atoms with Crippen LogP contribution < -0.4 is 11.1 Å². The standard InChI is InChI=1S/C13H16BrN3O2/c1-8-6-9(14)2-3-10(8)13(19)17-5-4-16-7-11(17)12(15)18/h2-3,6,11,16H,4-5,7H2,1H3,(H2,15,18). The SMILES string of the molecule is Cc1cc(Br)ccc1C(=O)N1CCNCC1C(N)=O. The Balaban J connectivity index is 2.28. The van der Waals surface area contributed by atoms with Crippen molar-refractivity contribution < 1.29 is 9.59 Å². The fourth-order valence-corrected chi connectivity index (χ4v) is 2.70. The van der Waals surface area contributed by atoms with Gasteiger partial charge in [-0.05, 0) is 30.7 Å². The molecule has 1 aromatic rings. The van der Waals surface area contributed by atoms with E-state index in [0.717, 1.165) is 10.0 Å². The first-order valence-electron chi connectivity index (χ1n) is 6.08. The quantitative estimate of drug-likeness (QED) is 0.838. The Kier molecular flexibility index (Phi) is 4.21. The van der Waals surface area contributed by atoms with Gasteiger partial charge in [0.25, 0.3) is 5.91 Å². The van der Waals surface area contributed by atoms with Crippen LogP contribution in [-0.4, -0.2) is 42.4 Å². The molecule has 0 bridgehead atoms. The van der Waals surface area contributed by atoms with E-state index in [9.17, 15) is 9.59 Å².